The molecule has 1 N–H and O–H groups in total. The minimum atomic E-state index is -4.30. The third-order valence-electron chi connectivity index (χ3n) is 6.25. The molecule has 0 heterocycles. The van der Waals surface area contributed by atoms with Crippen molar-refractivity contribution in [3.05, 3.63) is 98.5 Å². The van der Waals surface area contributed by atoms with E-state index in [0.29, 0.717) is 23.6 Å². The van der Waals surface area contributed by atoms with Gasteiger partial charge in [-0.15, -0.1) is 0 Å². The van der Waals surface area contributed by atoms with E-state index in [4.69, 9.17) is 23.2 Å². The predicted octanol–water partition coefficient (Wildman–Crippen LogP) is 5.43. The molecule has 41 heavy (non-hydrogen) atoms. The van der Waals surface area contributed by atoms with E-state index in [9.17, 15) is 28.1 Å². The summed E-state index contributed by atoms with van der Waals surface area (Å²) in [6, 6.07) is 16.2. The molecule has 0 aromatic heterocycles. The van der Waals surface area contributed by atoms with E-state index in [1.54, 1.807) is 37.3 Å². The van der Waals surface area contributed by atoms with Crippen LogP contribution in [0.1, 0.15) is 32.3 Å². The standard InChI is InChI=1S/C28H30Cl2N4O6S/c1-3-16-31-28(36)26(4-2)32(18-20-10-11-21(29)17-25(20)30)27(35)19-33(22-12-14-23(15-13-22)34(37)38)41(39,40)24-8-6-5-7-9-24/h5-15,17,26H,3-4,16,18-19H2,1-2H3,(H,31,36)/t26-/m0/s1. The van der Waals surface area contributed by atoms with Crippen LogP contribution in [0.3, 0.4) is 0 Å². The molecule has 3 aromatic rings. The second kappa shape index (κ2) is 14.3. The lowest BCUT2D eigenvalue weighted by atomic mass is 10.1. The van der Waals surface area contributed by atoms with Crippen LogP contribution in [0.2, 0.25) is 10.0 Å². The second-order valence-electron chi connectivity index (χ2n) is 9.07. The van der Waals surface area contributed by atoms with Gasteiger partial charge in [0.2, 0.25) is 11.8 Å². The van der Waals surface area contributed by atoms with Crippen LogP contribution in [0.25, 0.3) is 0 Å². The Morgan fingerprint density at radius 1 is 1.00 bits per heavy atom. The number of non-ortho nitro benzene ring substituents is 1. The Labute approximate surface area is 249 Å². The Kier molecular flexibility index (Phi) is 11.1. The molecule has 0 radical (unpaired) electrons. The van der Waals surface area contributed by atoms with Gasteiger partial charge >= 0.3 is 0 Å². The molecule has 3 aromatic carbocycles. The number of carbonyl (C=O) groups is 2. The molecule has 0 fully saturated rings. The average molecular weight is 622 g/mol. The molecular formula is C28H30Cl2N4O6S. The number of nitrogens with one attached hydrogen (secondary N) is 1. The first-order chi connectivity index (χ1) is 19.5. The van der Waals surface area contributed by atoms with E-state index < -0.39 is 33.4 Å². The Balaban J connectivity index is 2.08. The number of hydrogen-bond acceptors (Lipinski definition) is 6. The molecule has 218 valence electrons. The fourth-order valence-electron chi connectivity index (χ4n) is 4.11. The average Bonchev–Trinajstić information content (AvgIpc) is 2.96. The van der Waals surface area contributed by atoms with Crippen LogP contribution in [0.15, 0.2) is 77.7 Å². The molecule has 0 aliphatic heterocycles. The van der Waals surface area contributed by atoms with Gasteiger partial charge in [0.15, 0.2) is 0 Å². The van der Waals surface area contributed by atoms with E-state index in [0.717, 1.165) is 16.4 Å². The number of rotatable bonds is 13. The minimum Gasteiger partial charge on any atom is -0.354 e. The lowest BCUT2D eigenvalue weighted by Crippen LogP contribution is -2.52. The lowest BCUT2D eigenvalue weighted by Gasteiger charge is -2.33. The van der Waals surface area contributed by atoms with Crippen molar-refractivity contribution in [2.45, 2.75) is 44.2 Å². The van der Waals surface area contributed by atoms with Gasteiger partial charge in [-0.2, -0.15) is 0 Å². The number of amides is 2. The highest BCUT2D eigenvalue weighted by atomic mass is 35.5. The zero-order valence-electron chi connectivity index (χ0n) is 22.5. The number of hydrogen-bond donors (Lipinski definition) is 1. The van der Waals surface area contributed by atoms with Crippen LogP contribution in [0, 0.1) is 10.1 Å². The van der Waals surface area contributed by atoms with Gasteiger partial charge in [-0.3, -0.25) is 24.0 Å². The van der Waals surface area contributed by atoms with Crippen LogP contribution in [0.4, 0.5) is 11.4 Å². The molecule has 0 saturated heterocycles. The molecule has 1 atom stereocenters. The zero-order valence-corrected chi connectivity index (χ0v) is 24.8. The molecule has 10 nitrogen and oxygen atoms in total. The molecule has 0 aliphatic carbocycles. The molecule has 0 spiro atoms. The summed E-state index contributed by atoms with van der Waals surface area (Å²) in [7, 11) is -4.30. The Bertz CT molecular complexity index is 1490. The number of halogens is 2. The highest BCUT2D eigenvalue weighted by Crippen LogP contribution is 2.28. The Morgan fingerprint density at radius 2 is 1.66 bits per heavy atom. The van der Waals surface area contributed by atoms with Crippen molar-refractivity contribution in [3.8, 4) is 0 Å². The Hall–Kier alpha value is -3.67. The first-order valence-electron chi connectivity index (χ1n) is 12.8. The van der Waals surface area contributed by atoms with Gasteiger partial charge in [-0.25, -0.2) is 8.42 Å². The van der Waals surface area contributed by atoms with E-state index in [1.165, 1.54) is 35.2 Å². The van der Waals surface area contributed by atoms with E-state index >= 15 is 0 Å². The summed E-state index contributed by atoms with van der Waals surface area (Å²) in [5.41, 5.74) is 0.314. The number of anilines is 1. The summed E-state index contributed by atoms with van der Waals surface area (Å²) >= 11 is 12.4. The van der Waals surface area contributed by atoms with Crippen molar-refractivity contribution in [2.24, 2.45) is 0 Å². The molecule has 0 aliphatic rings. The molecule has 0 unspecified atom stereocenters. The maximum Gasteiger partial charge on any atom is 0.269 e. The third-order valence-corrected chi connectivity index (χ3v) is 8.62. The van der Waals surface area contributed by atoms with Gasteiger partial charge in [-0.05, 0) is 54.8 Å². The maximum absolute atomic E-state index is 14.0. The number of nitro groups is 1. The van der Waals surface area contributed by atoms with Crippen LogP contribution >= 0.6 is 23.2 Å². The van der Waals surface area contributed by atoms with Gasteiger partial charge in [0.1, 0.15) is 12.6 Å². The van der Waals surface area contributed by atoms with E-state index in [-0.39, 0.29) is 40.2 Å². The van der Waals surface area contributed by atoms with Crippen LogP contribution in [-0.4, -0.2) is 49.2 Å². The first kappa shape index (κ1) is 31.9. The van der Waals surface area contributed by atoms with Gasteiger partial charge in [0, 0.05) is 35.3 Å². The van der Waals surface area contributed by atoms with Crippen molar-refractivity contribution in [1.82, 2.24) is 10.2 Å². The van der Waals surface area contributed by atoms with Crippen molar-refractivity contribution >= 4 is 56.4 Å². The number of sulfonamides is 1. The number of benzene rings is 3. The molecule has 13 heteroatoms. The largest absolute Gasteiger partial charge is 0.354 e. The molecule has 2 amide bonds. The molecule has 3 rings (SSSR count). The number of nitro benzene ring substituents is 1. The summed E-state index contributed by atoms with van der Waals surface area (Å²) < 4.78 is 28.4. The van der Waals surface area contributed by atoms with E-state index in [1.807, 2.05) is 6.92 Å². The first-order valence-corrected chi connectivity index (χ1v) is 15.0. The minimum absolute atomic E-state index is 0.0424. The topological polar surface area (TPSA) is 130 Å². The SMILES string of the molecule is CCCNC(=O)[C@H](CC)N(Cc1ccc(Cl)cc1Cl)C(=O)CN(c1ccc([N+](=O)[O-])cc1)S(=O)(=O)c1ccccc1. The summed E-state index contributed by atoms with van der Waals surface area (Å²) in [4.78, 5) is 38.9. The lowest BCUT2D eigenvalue weighted by molar-refractivity contribution is -0.384. The van der Waals surface area contributed by atoms with Crippen LogP contribution in [-0.2, 0) is 26.2 Å². The summed E-state index contributed by atoms with van der Waals surface area (Å²) in [5.74, 6) is -1.06. The summed E-state index contributed by atoms with van der Waals surface area (Å²) in [6.07, 6.45) is 0.928. The highest BCUT2D eigenvalue weighted by Gasteiger charge is 2.34. The van der Waals surface area contributed by atoms with Crippen LogP contribution in [0.5, 0.6) is 0 Å². The highest BCUT2D eigenvalue weighted by molar-refractivity contribution is 7.92. The van der Waals surface area contributed by atoms with E-state index in [2.05, 4.69) is 5.32 Å². The van der Waals surface area contributed by atoms with Gasteiger partial charge < -0.3 is 10.2 Å². The quantitative estimate of drug-likeness (QED) is 0.200. The van der Waals surface area contributed by atoms with Crippen molar-refractivity contribution < 1.29 is 22.9 Å². The fraction of sp³-hybridized carbons (Fsp3) is 0.286. The fourth-order valence-corrected chi connectivity index (χ4v) is 6.01. The molecule has 0 bridgehead atoms. The normalized spacial score (nSPS) is 11.9. The number of nitrogens with zero attached hydrogens (tertiary/aromatic N) is 3. The van der Waals surface area contributed by atoms with Crippen molar-refractivity contribution in [2.75, 3.05) is 17.4 Å². The number of carbonyl (C=O) groups excluding carboxylic acids is 2. The van der Waals surface area contributed by atoms with Gasteiger partial charge in [-0.1, -0.05) is 61.3 Å². The van der Waals surface area contributed by atoms with Crippen LogP contribution < -0.4 is 9.62 Å². The van der Waals surface area contributed by atoms with Crippen molar-refractivity contribution in [3.63, 3.8) is 0 Å². The summed E-state index contributed by atoms with van der Waals surface area (Å²) in [5, 5.41) is 14.7. The maximum atomic E-state index is 14.0. The van der Waals surface area contributed by atoms with Gasteiger partial charge in [0.25, 0.3) is 15.7 Å². The van der Waals surface area contributed by atoms with Crippen molar-refractivity contribution in [1.29, 1.82) is 0 Å². The molecular weight excluding hydrogens is 591 g/mol. The van der Waals surface area contributed by atoms with Gasteiger partial charge in [0.05, 0.1) is 15.5 Å². The monoisotopic (exact) mass is 620 g/mol. The zero-order chi connectivity index (χ0) is 30.2. The summed E-state index contributed by atoms with van der Waals surface area (Å²) in [6.45, 7) is 3.27. The third kappa shape index (κ3) is 7.96. The smallest absolute Gasteiger partial charge is 0.269 e. The predicted molar refractivity (Wildman–Crippen MR) is 158 cm³/mol. The molecule has 0 saturated carbocycles. The Morgan fingerprint density at radius 3 is 2.22 bits per heavy atom. The second-order valence-corrected chi connectivity index (χ2v) is 11.8.